The molecule has 1 N–H and O–H groups in total. The molecular weight excluding hydrogens is 374 g/mol. The molecule has 0 aliphatic carbocycles. The molecule has 7 heteroatoms. The van der Waals surface area contributed by atoms with Crippen LogP contribution >= 0.6 is 0 Å². The lowest BCUT2D eigenvalue weighted by atomic mass is 9.91. The van der Waals surface area contributed by atoms with Crippen LogP contribution in [0.2, 0.25) is 0 Å². The maximum Gasteiger partial charge on any atom is 0.252 e. The number of nitrogens with one attached hydrogen (secondary N) is 1. The monoisotopic (exact) mass is 393 g/mol. The Bertz CT molecular complexity index is 1200. The summed E-state index contributed by atoms with van der Waals surface area (Å²) in [6.45, 7) is 0.688. The summed E-state index contributed by atoms with van der Waals surface area (Å²) in [6, 6.07) is 22.7. The third kappa shape index (κ3) is 3.48. The van der Waals surface area contributed by atoms with Crippen LogP contribution in [0.25, 0.3) is 17.0 Å². The van der Waals surface area contributed by atoms with Gasteiger partial charge >= 0.3 is 0 Å². The minimum Gasteiger partial charge on any atom is -0.368 e. The molecule has 0 aliphatic rings. The Kier molecular flexibility index (Phi) is 4.83. The Labute approximate surface area is 173 Å². The molecule has 30 heavy (non-hydrogen) atoms. The molecule has 0 radical (unpaired) electrons. The maximum atomic E-state index is 4.46. The van der Waals surface area contributed by atoms with Crippen molar-refractivity contribution in [2.75, 3.05) is 11.9 Å². The second-order valence-corrected chi connectivity index (χ2v) is 6.82. The van der Waals surface area contributed by atoms with E-state index in [1.807, 2.05) is 12.1 Å². The number of hydrogen-bond donors (Lipinski definition) is 1. The molecule has 146 valence electrons. The molecule has 5 rings (SSSR count). The van der Waals surface area contributed by atoms with Gasteiger partial charge in [0.2, 0.25) is 0 Å². The lowest BCUT2D eigenvalue weighted by Gasteiger charge is -2.19. The first-order valence-corrected chi connectivity index (χ1v) is 9.70. The van der Waals surface area contributed by atoms with Crippen molar-refractivity contribution in [1.82, 2.24) is 29.7 Å². The van der Waals surface area contributed by atoms with Gasteiger partial charge in [-0.25, -0.2) is 19.9 Å². The molecule has 0 spiro atoms. The topological polar surface area (TPSA) is 81.4 Å². The van der Waals surface area contributed by atoms with E-state index in [1.54, 1.807) is 29.3 Å². The van der Waals surface area contributed by atoms with Crippen molar-refractivity contribution in [3.8, 4) is 5.95 Å². The number of hydrogen-bond acceptors (Lipinski definition) is 6. The average Bonchev–Trinajstić information content (AvgIpc) is 3.26. The van der Waals surface area contributed by atoms with Crippen LogP contribution < -0.4 is 5.32 Å². The lowest BCUT2D eigenvalue weighted by Crippen LogP contribution is -2.15. The first-order chi connectivity index (χ1) is 14.9. The summed E-state index contributed by atoms with van der Waals surface area (Å²) in [5.74, 6) is 1.40. The standard InChI is InChI=1S/C23H19N7/c1-3-8-17(9-4-1)19(18-10-5-2-6-11-18)14-26-21-20-15-29-30(22(20)28-16-27-21)23-24-12-7-13-25-23/h1-13,15-16,19H,14H2,(H,26,27,28). The molecule has 0 aliphatic heterocycles. The maximum absolute atomic E-state index is 4.46. The third-order valence-corrected chi connectivity index (χ3v) is 4.98. The Morgan fingerprint density at radius 2 is 1.43 bits per heavy atom. The van der Waals surface area contributed by atoms with Gasteiger partial charge in [-0.1, -0.05) is 60.7 Å². The summed E-state index contributed by atoms with van der Waals surface area (Å²) in [5, 5.41) is 8.75. The van der Waals surface area contributed by atoms with E-state index in [2.05, 4.69) is 78.9 Å². The minimum atomic E-state index is 0.185. The molecule has 0 fully saturated rings. The zero-order valence-corrected chi connectivity index (χ0v) is 16.1. The Morgan fingerprint density at radius 1 is 0.767 bits per heavy atom. The molecule has 3 aromatic heterocycles. The number of nitrogens with zero attached hydrogens (tertiary/aromatic N) is 6. The molecule has 2 aromatic carbocycles. The fourth-order valence-corrected chi connectivity index (χ4v) is 3.53. The van der Waals surface area contributed by atoms with Gasteiger partial charge in [-0.3, -0.25) is 0 Å². The van der Waals surface area contributed by atoms with E-state index >= 15 is 0 Å². The van der Waals surface area contributed by atoms with E-state index in [-0.39, 0.29) is 5.92 Å². The summed E-state index contributed by atoms with van der Waals surface area (Å²) < 4.78 is 1.62. The van der Waals surface area contributed by atoms with Gasteiger partial charge in [-0.05, 0) is 17.2 Å². The fraction of sp³-hybridized carbons (Fsp3) is 0.0870. The smallest absolute Gasteiger partial charge is 0.252 e. The average molecular weight is 393 g/mol. The predicted molar refractivity (Wildman–Crippen MR) is 115 cm³/mol. The Balaban J connectivity index is 1.47. The van der Waals surface area contributed by atoms with Crippen molar-refractivity contribution in [2.24, 2.45) is 0 Å². The molecule has 7 nitrogen and oxygen atoms in total. The highest BCUT2D eigenvalue weighted by atomic mass is 15.4. The summed E-state index contributed by atoms with van der Waals surface area (Å²) >= 11 is 0. The minimum absolute atomic E-state index is 0.185. The second kappa shape index (κ2) is 8.08. The van der Waals surface area contributed by atoms with Crippen LogP contribution in [0.15, 0.2) is 91.6 Å². The highest BCUT2D eigenvalue weighted by molar-refractivity contribution is 5.86. The van der Waals surface area contributed by atoms with Crippen LogP contribution in [0.3, 0.4) is 0 Å². The molecule has 0 saturated carbocycles. The predicted octanol–water partition coefficient (Wildman–Crippen LogP) is 3.85. The molecule has 0 saturated heterocycles. The van der Waals surface area contributed by atoms with E-state index < -0.39 is 0 Å². The quantitative estimate of drug-likeness (QED) is 0.472. The first-order valence-electron chi connectivity index (χ1n) is 9.70. The largest absolute Gasteiger partial charge is 0.368 e. The summed E-state index contributed by atoms with van der Waals surface area (Å²) in [5.41, 5.74) is 3.15. The van der Waals surface area contributed by atoms with Crippen LogP contribution in [0.1, 0.15) is 17.0 Å². The Morgan fingerprint density at radius 3 is 2.10 bits per heavy atom. The van der Waals surface area contributed by atoms with Crippen molar-refractivity contribution in [1.29, 1.82) is 0 Å². The van der Waals surface area contributed by atoms with Crippen molar-refractivity contribution in [2.45, 2.75) is 5.92 Å². The number of rotatable bonds is 6. The van der Waals surface area contributed by atoms with Crippen molar-refractivity contribution in [3.05, 3.63) is 103 Å². The zero-order valence-electron chi connectivity index (χ0n) is 16.1. The lowest BCUT2D eigenvalue weighted by molar-refractivity contribution is 0.821. The summed E-state index contributed by atoms with van der Waals surface area (Å²) in [4.78, 5) is 17.4. The number of anilines is 1. The first kappa shape index (κ1) is 17.9. The van der Waals surface area contributed by atoms with E-state index in [0.29, 0.717) is 18.1 Å². The highest BCUT2D eigenvalue weighted by Crippen LogP contribution is 2.26. The van der Waals surface area contributed by atoms with E-state index in [9.17, 15) is 0 Å². The van der Waals surface area contributed by atoms with Crippen molar-refractivity contribution >= 4 is 16.9 Å². The van der Waals surface area contributed by atoms with Crippen LogP contribution in [-0.4, -0.2) is 36.3 Å². The van der Waals surface area contributed by atoms with Crippen molar-refractivity contribution in [3.63, 3.8) is 0 Å². The molecule has 5 aromatic rings. The van der Waals surface area contributed by atoms with Crippen molar-refractivity contribution < 1.29 is 0 Å². The van der Waals surface area contributed by atoms with Gasteiger partial charge in [-0.15, -0.1) is 0 Å². The van der Waals surface area contributed by atoms with Gasteiger partial charge in [0.05, 0.1) is 11.6 Å². The summed E-state index contributed by atoms with van der Waals surface area (Å²) in [7, 11) is 0. The second-order valence-electron chi connectivity index (χ2n) is 6.82. The molecule has 0 amide bonds. The third-order valence-electron chi connectivity index (χ3n) is 4.98. The Hall–Kier alpha value is -4.13. The van der Waals surface area contributed by atoms with Gasteiger partial charge in [0.1, 0.15) is 12.1 Å². The number of benzene rings is 2. The van der Waals surface area contributed by atoms with Crippen LogP contribution in [-0.2, 0) is 0 Å². The molecule has 3 heterocycles. The summed E-state index contributed by atoms with van der Waals surface area (Å²) in [6.07, 6.45) is 6.64. The molecule has 0 bridgehead atoms. The van der Waals surface area contributed by atoms with Gasteiger partial charge < -0.3 is 5.32 Å². The highest BCUT2D eigenvalue weighted by Gasteiger charge is 2.16. The van der Waals surface area contributed by atoms with E-state index in [1.165, 1.54) is 17.5 Å². The molecule has 0 atom stereocenters. The van der Waals surface area contributed by atoms with Crippen LogP contribution in [0.5, 0.6) is 0 Å². The SMILES string of the molecule is c1ccc(C(CNc2ncnc3c2cnn3-c2ncccn2)c2ccccc2)cc1. The molecule has 0 unspecified atom stereocenters. The number of aromatic nitrogens is 6. The zero-order chi connectivity index (χ0) is 20.2. The fourth-order valence-electron chi connectivity index (χ4n) is 3.53. The van der Waals surface area contributed by atoms with Crippen LogP contribution in [0, 0.1) is 0 Å². The normalized spacial score (nSPS) is 11.1. The molecular formula is C23H19N7. The number of fused-ring (bicyclic) bond motifs is 1. The van der Waals surface area contributed by atoms with Crippen LogP contribution in [0.4, 0.5) is 5.82 Å². The van der Waals surface area contributed by atoms with Gasteiger partial charge in [0.15, 0.2) is 5.65 Å². The van der Waals surface area contributed by atoms with E-state index in [4.69, 9.17) is 0 Å². The van der Waals surface area contributed by atoms with E-state index in [0.717, 1.165) is 11.2 Å². The van der Waals surface area contributed by atoms with Gasteiger partial charge in [0, 0.05) is 24.9 Å². The van der Waals surface area contributed by atoms with Gasteiger partial charge in [-0.2, -0.15) is 9.78 Å². The van der Waals surface area contributed by atoms with Gasteiger partial charge in [0.25, 0.3) is 5.95 Å².